The molecular formula is C9H14ClN5. The fourth-order valence-corrected chi connectivity index (χ4v) is 1.92. The van der Waals surface area contributed by atoms with Gasteiger partial charge < -0.3 is 11.1 Å². The Morgan fingerprint density at radius 1 is 1.27 bits per heavy atom. The van der Waals surface area contributed by atoms with E-state index in [2.05, 4.69) is 20.3 Å². The van der Waals surface area contributed by atoms with E-state index in [1.54, 1.807) is 0 Å². The third-order valence-electron chi connectivity index (χ3n) is 2.65. The first-order valence-corrected chi connectivity index (χ1v) is 5.48. The van der Waals surface area contributed by atoms with E-state index in [1.807, 2.05) is 0 Å². The zero-order valence-corrected chi connectivity index (χ0v) is 9.11. The van der Waals surface area contributed by atoms with Crippen LogP contribution in [-0.2, 0) is 0 Å². The van der Waals surface area contributed by atoms with Crippen molar-refractivity contribution in [2.24, 2.45) is 5.73 Å². The number of hydrogen-bond donors (Lipinski definition) is 2. The molecule has 0 bridgehead atoms. The maximum Gasteiger partial charge on any atom is 0.227 e. The Morgan fingerprint density at radius 2 is 2.00 bits per heavy atom. The van der Waals surface area contributed by atoms with Crippen molar-refractivity contribution in [3.63, 3.8) is 0 Å². The topological polar surface area (TPSA) is 76.7 Å². The Hall–Kier alpha value is -0.940. The third-order valence-corrected chi connectivity index (χ3v) is 2.83. The summed E-state index contributed by atoms with van der Waals surface area (Å²) in [5.74, 6) is 0.551. The minimum absolute atomic E-state index is 0.222. The molecule has 1 aromatic heterocycles. The molecule has 0 aromatic carbocycles. The van der Waals surface area contributed by atoms with E-state index in [0.717, 1.165) is 25.7 Å². The summed E-state index contributed by atoms with van der Waals surface area (Å²) < 4.78 is 0. The van der Waals surface area contributed by atoms with Crippen molar-refractivity contribution in [2.45, 2.75) is 37.8 Å². The molecule has 1 aliphatic rings. The van der Waals surface area contributed by atoms with E-state index in [4.69, 9.17) is 17.3 Å². The molecule has 0 amide bonds. The lowest BCUT2D eigenvalue weighted by Crippen LogP contribution is -2.33. The van der Waals surface area contributed by atoms with Crippen LogP contribution in [0.1, 0.15) is 25.7 Å². The number of anilines is 1. The summed E-state index contributed by atoms with van der Waals surface area (Å²) in [6, 6.07) is 0.758. The minimum atomic E-state index is 0.222. The lowest BCUT2D eigenvalue weighted by Gasteiger charge is -2.26. The lowest BCUT2D eigenvalue weighted by molar-refractivity contribution is 0.409. The number of rotatable bonds is 2. The summed E-state index contributed by atoms with van der Waals surface area (Å²) >= 11 is 5.66. The summed E-state index contributed by atoms with van der Waals surface area (Å²) in [5.41, 5.74) is 5.82. The van der Waals surface area contributed by atoms with Crippen molar-refractivity contribution >= 4 is 17.5 Å². The van der Waals surface area contributed by atoms with Gasteiger partial charge in [-0.2, -0.15) is 4.98 Å². The second kappa shape index (κ2) is 4.72. The molecule has 0 radical (unpaired) electrons. The van der Waals surface area contributed by atoms with Gasteiger partial charge in [0.15, 0.2) is 0 Å². The molecule has 6 heteroatoms. The standard InChI is InChI=1S/C9H14ClN5/c10-8-12-5-13-9(15-8)14-7-3-1-6(11)2-4-7/h5-7H,1-4,11H2,(H,12,13,14,15). The van der Waals surface area contributed by atoms with Gasteiger partial charge in [-0.15, -0.1) is 0 Å². The first-order valence-electron chi connectivity index (χ1n) is 5.10. The molecule has 3 N–H and O–H groups in total. The van der Waals surface area contributed by atoms with E-state index in [0.29, 0.717) is 18.0 Å². The van der Waals surface area contributed by atoms with Crippen molar-refractivity contribution in [3.8, 4) is 0 Å². The molecule has 0 spiro atoms. The van der Waals surface area contributed by atoms with E-state index in [9.17, 15) is 0 Å². The number of nitrogens with zero attached hydrogens (tertiary/aromatic N) is 3. The highest BCUT2D eigenvalue weighted by atomic mass is 35.5. The van der Waals surface area contributed by atoms with Gasteiger partial charge in [0.05, 0.1) is 0 Å². The van der Waals surface area contributed by atoms with Gasteiger partial charge in [-0.1, -0.05) is 0 Å². The van der Waals surface area contributed by atoms with Crippen LogP contribution in [-0.4, -0.2) is 27.0 Å². The molecule has 1 saturated carbocycles. The normalized spacial score (nSPS) is 26.3. The van der Waals surface area contributed by atoms with Crippen LogP contribution in [0, 0.1) is 0 Å². The molecule has 1 fully saturated rings. The smallest absolute Gasteiger partial charge is 0.227 e. The first kappa shape index (κ1) is 10.6. The summed E-state index contributed by atoms with van der Waals surface area (Å²) in [6.45, 7) is 0. The Kier molecular flexibility index (Phi) is 3.33. The summed E-state index contributed by atoms with van der Waals surface area (Å²) in [7, 11) is 0. The van der Waals surface area contributed by atoms with Gasteiger partial charge in [0, 0.05) is 12.1 Å². The van der Waals surface area contributed by atoms with Gasteiger partial charge in [-0.25, -0.2) is 9.97 Å². The third kappa shape index (κ3) is 3.00. The average molecular weight is 228 g/mol. The van der Waals surface area contributed by atoms with Crippen molar-refractivity contribution in [1.29, 1.82) is 0 Å². The van der Waals surface area contributed by atoms with E-state index in [-0.39, 0.29) is 5.28 Å². The van der Waals surface area contributed by atoms with Crippen LogP contribution in [0.25, 0.3) is 0 Å². The van der Waals surface area contributed by atoms with E-state index >= 15 is 0 Å². The summed E-state index contributed by atoms with van der Waals surface area (Å²) in [4.78, 5) is 11.7. The second-order valence-electron chi connectivity index (χ2n) is 3.83. The van der Waals surface area contributed by atoms with Gasteiger partial charge in [-0.3, -0.25) is 0 Å². The predicted molar refractivity (Wildman–Crippen MR) is 58.7 cm³/mol. The van der Waals surface area contributed by atoms with E-state index < -0.39 is 0 Å². The second-order valence-corrected chi connectivity index (χ2v) is 4.17. The minimum Gasteiger partial charge on any atom is -0.351 e. The van der Waals surface area contributed by atoms with Gasteiger partial charge >= 0.3 is 0 Å². The van der Waals surface area contributed by atoms with E-state index in [1.165, 1.54) is 6.33 Å². The molecule has 1 aliphatic carbocycles. The highest BCUT2D eigenvalue weighted by molar-refractivity contribution is 6.28. The molecule has 1 heterocycles. The van der Waals surface area contributed by atoms with Crippen molar-refractivity contribution in [2.75, 3.05) is 5.32 Å². The molecule has 0 saturated heterocycles. The van der Waals surface area contributed by atoms with Crippen molar-refractivity contribution in [1.82, 2.24) is 15.0 Å². The van der Waals surface area contributed by atoms with Crippen LogP contribution in [0.5, 0.6) is 0 Å². The van der Waals surface area contributed by atoms with Gasteiger partial charge in [0.1, 0.15) is 6.33 Å². The average Bonchev–Trinajstić information content (AvgIpc) is 2.22. The van der Waals surface area contributed by atoms with Crippen molar-refractivity contribution in [3.05, 3.63) is 11.6 Å². The molecule has 82 valence electrons. The number of aromatic nitrogens is 3. The quantitative estimate of drug-likeness (QED) is 0.794. The Morgan fingerprint density at radius 3 is 2.67 bits per heavy atom. The first-order chi connectivity index (χ1) is 7.24. The molecular weight excluding hydrogens is 214 g/mol. The van der Waals surface area contributed by atoms with Crippen LogP contribution >= 0.6 is 11.6 Å². The number of hydrogen-bond acceptors (Lipinski definition) is 5. The molecule has 15 heavy (non-hydrogen) atoms. The Labute approximate surface area is 93.5 Å². The molecule has 5 nitrogen and oxygen atoms in total. The fourth-order valence-electron chi connectivity index (χ4n) is 1.79. The monoisotopic (exact) mass is 227 g/mol. The highest BCUT2D eigenvalue weighted by Crippen LogP contribution is 2.19. The zero-order chi connectivity index (χ0) is 10.7. The molecule has 0 aliphatic heterocycles. The molecule has 0 unspecified atom stereocenters. The van der Waals surface area contributed by atoms with Crippen LogP contribution in [0.2, 0.25) is 5.28 Å². The molecule has 2 rings (SSSR count). The summed E-state index contributed by atoms with van der Waals surface area (Å²) in [5, 5.41) is 3.46. The maximum atomic E-state index is 5.82. The Balaban J connectivity index is 1.92. The highest BCUT2D eigenvalue weighted by Gasteiger charge is 2.18. The maximum absolute atomic E-state index is 5.82. The molecule has 0 atom stereocenters. The number of nitrogens with one attached hydrogen (secondary N) is 1. The predicted octanol–water partition coefficient (Wildman–Crippen LogP) is 1.21. The fraction of sp³-hybridized carbons (Fsp3) is 0.667. The summed E-state index contributed by atoms with van der Waals surface area (Å²) in [6.07, 6.45) is 5.63. The molecule has 1 aromatic rings. The van der Waals surface area contributed by atoms with Crippen LogP contribution in [0.3, 0.4) is 0 Å². The Bertz CT molecular complexity index is 324. The van der Waals surface area contributed by atoms with Gasteiger partial charge in [-0.05, 0) is 37.3 Å². The number of nitrogens with two attached hydrogens (primary N) is 1. The largest absolute Gasteiger partial charge is 0.351 e. The SMILES string of the molecule is NC1CCC(Nc2ncnc(Cl)n2)CC1. The number of halogens is 1. The van der Waals surface area contributed by atoms with Gasteiger partial charge in [0.25, 0.3) is 0 Å². The van der Waals surface area contributed by atoms with Crippen LogP contribution in [0.15, 0.2) is 6.33 Å². The van der Waals surface area contributed by atoms with Crippen LogP contribution in [0.4, 0.5) is 5.95 Å². The lowest BCUT2D eigenvalue weighted by atomic mass is 9.92. The van der Waals surface area contributed by atoms with Gasteiger partial charge in [0.2, 0.25) is 11.2 Å². The van der Waals surface area contributed by atoms with Crippen molar-refractivity contribution < 1.29 is 0 Å². The zero-order valence-electron chi connectivity index (χ0n) is 8.36. The van der Waals surface area contributed by atoms with Crippen LogP contribution < -0.4 is 11.1 Å².